The fraction of sp³-hybridized carbons (Fsp3) is 0.786. The molecule has 78 heavy (non-hydrogen) atoms. The Morgan fingerprint density at radius 3 is 2.09 bits per heavy atom. The topological polar surface area (TPSA) is 258 Å². The van der Waals surface area contributed by atoms with Gasteiger partial charge in [-0.15, -0.1) is 0 Å². The molecule has 0 aliphatic carbocycles. The summed E-state index contributed by atoms with van der Waals surface area (Å²) in [5, 5.41) is 54.9. The third-order valence-corrected chi connectivity index (χ3v) is 17.5. The van der Waals surface area contributed by atoms with Gasteiger partial charge in [-0.05, 0) is 94.9 Å². The number of pyridine rings is 1. The largest absolute Gasteiger partial charge is 0.487 e. The molecule has 0 amide bonds. The molecule has 0 saturated carbocycles. The third kappa shape index (κ3) is 12.7. The van der Waals surface area contributed by atoms with Gasteiger partial charge in [0.1, 0.15) is 47.6 Å². The van der Waals surface area contributed by atoms with Crippen LogP contribution in [0.3, 0.4) is 0 Å². The number of likely N-dealkylation sites (N-methyl/N-ethyl adjacent to an activating group) is 2. The van der Waals surface area contributed by atoms with Crippen LogP contribution < -0.4 is 15.1 Å². The number of nitrogens with zero attached hydrogens (tertiary/aromatic N) is 4. The molecular weight excluding hydrogens is 1020 g/mol. The molecule has 4 saturated heterocycles. The quantitative estimate of drug-likeness (QED) is 0.211. The van der Waals surface area contributed by atoms with Crippen LogP contribution in [0.4, 0.5) is 10.1 Å². The molecule has 1 aromatic heterocycles. The van der Waals surface area contributed by atoms with Gasteiger partial charge in [-0.2, -0.15) is 0 Å². The van der Waals surface area contributed by atoms with Gasteiger partial charge in [0.25, 0.3) is 0 Å². The number of cyclic esters (lactones) is 1. The summed E-state index contributed by atoms with van der Waals surface area (Å²) in [6.07, 6.45) is -7.39. The highest BCUT2D eigenvalue weighted by Gasteiger charge is 2.54. The van der Waals surface area contributed by atoms with E-state index in [1.807, 2.05) is 51.7 Å². The predicted octanol–water partition coefficient (Wildman–Crippen LogP) is 3.98. The zero-order valence-corrected chi connectivity index (χ0v) is 48.6. The number of aliphatic hydroxyl groups is 4. The van der Waals surface area contributed by atoms with Gasteiger partial charge < -0.3 is 82.7 Å². The van der Waals surface area contributed by atoms with Gasteiger partial charge in [0.05, 0.1) is 64.6 Å². The molecule has 22 heteroatoms. The number of ketones is 1. The van der Waals surface area contributed by atoms with Crippen molar-refractivity contribution in [3.63, 3.8) is 0 Å². The lowest BCUT2D eigenvalue weighted by Gasteiger charge is -2.50. The minimum absolute atomic E-state index is 0.0434. The van der Waals surface area contributed by atoms with Crippen LogP contribution in [0.5, 0.6) is 5.75 Å². The van der Waals surface area contributed by atoms with Gasteiger partial charge in [-0.25, -0.2) is 9.18 Å². The van der Waals surface area contributed by atoms with E-state index in [1.165, 1.54) is 27.3 Å². The van der Waals surface area contributed by atoms with Crippen LogP contribution in [-0.2, 0) is 42.7 Å². The average Bonchev–Trinajstić information content (AvgIpc) is 3.45. The number of Topliss-reactive ketones (excluding diaryl/α,β-unsaturated/α-hetero) is 1. The van der Waals surface area contributed by atoms with Crippen molar-refractivity contribution in [3.05, 3.63) is 33.9 Å². The van der Waals surface area contributed by atoms with E-state index in [0.717, 1.165) is 19.2 Å². The molecule has 0 bridgehead atoms. The van der Waals surface area contributed by atoms with Gasteiger partial charge in [0.2, 0.25) is 5.43 Å². The zero-order valence-electron chi connectivity index (χ0n) is 48.6. The Labute approximate surface area is 458 Å². The number of carboxylic acids is 1. The Morgan fingerprint density at radius 2 is 1.51 bits per heavy atom. The van der Waals surface area contributed by atoms with E-state index in [-0.39, 0.29) is 60.8 Å². The van der Waals surface area contributed by atoms with Crippen molar-refractivity contribution in [3.8, 4) is 5.75 Å². The van der Waals surface area contributed by atoms with Crippen molar-refractivity contribution < 1.29 is 82.2 Å². The first-order chi connectivity index (χ1) is 36.4. The Morgan fingerprint density at radius 1 is 0.885 bits per heavy atom. The van der Waals surface area contributed by atoms with Crippen LogP contribution in [0.15, 0.2) is 17.1 Å². The number of anilines is 1. The summed E-state index contributed by atoms with van der Waals surface area (Å²) in [4.78, 5) is 58.2. The van der Waals surface area contributed by atoms with Crippen LogP contribution in [0.25, 0.3) is 10.9 Å². The molecule has 1 aromatic carbocycles. The molecule has 7 rings (SSSR count). The van der Waals surface area contributed by atoms with Crippen LogP contribution >= 0.6 is 0 Å². The summed E-state index contributed by atoms with van der Waals surface area (Å²) < 4.78 is 66.4. The fourth-order valence-corrected chi connectivity index (χ4v) is 12.3. The summed E-state index contributed by atoms with van der Waals surface area (Å²) in [6.45, 7) is 22.1. The number of hydrogen-bond donors (Lipinski definition) is 5. The predicted molar refractivity (Wildman–Crippen MR) is 286 cm³/mol. The molecule has 5 aliphatic rings. The zero-order chi connectivity index (χ0) is 58.3. The van der Waals surface area contributed by atoms with Crippen LogP contribution in [0.1, 0.15) is 118 Å². The maximum absolute atomic E-state index is 15.0. The lowest BCUT2D eigenvalue weighted by Crippen LogP contribution is -2.61. The lowest BCUT2D eigenvalue weighted by molar-refractivity contribution is -0.319. The Kier molecular flexibility index (Phi) is 20.3. The van der Waals surface area contributed by atoms with Crippen molar-refractivity contribution in [1.29, 1.82) is 0 Å². The van der Waals surface area contributed by atoms with E-state index in [9.17, 15) is 49.1 Å². The monoisotopic (exact) mass is 1110 g/mol. The first kappa shape index (κ1) is 63.3. The summed E-state index contributed by atoms with van der Waals surface area (Å²) in [5.74, 6) is -6.01. The Bertz CT molecular complexity index is 2490. The van der Waals surface area contributed by atoms with Gasteiger partial charge in [0.15, 0.2) is 24.1 Å². The number of aromatic nitrogens is 1. The molecule has 21 nitrogen and oxygen atoms in total. The van der Waals surface area contributed by atoms with Gasteiger partial charge in [-0.3, -0.25) is 14.4 Å². The highest BCUT2D eigenvalue weighted by Crippen LogP contribution is 2.44. The normalized spacial score (nSPS) is 39.4. The van der Waals surface area contributed by atoms with Crippen LogP contribution in [0.2, 0.25) is 0 Å². The number of aromatic carboxylic acids is 1. The SMILES string of the molecule is CC[C@H]1OC(=O)[C@H](C)[C@@H](O[C@H]2C[C@@](C)(OC)[C@@H](O)[C@H](C)O2)C(C)[C@@H](O[C@@H]2O[C@H](C)C[C@H](N(C)C)[C@H]2O)[C@](C)(OC)C[C@@H](C)C(=O)[C@H](C)[C@@H](O)[C@]1(C)O.C[C@H]1COc2c(N3CCN(C)CC3)c(F)cc3c(=O)c(C(=O)O)cn1c23. The van der Waals surface area contributed by atoms with E-state index < -0.39 is 119 Å². The molecule has 442 valence electrons. The second-order valence-corrected chi connectivity index (χ2v) is 23.6. The van der Waals surface area contributed by atoms with Crippen molar-refractivity contribution >= 4 is 34.3 Å². The molecule has 0 spiro atoms. The molecule has 6 heterocycles. The maximum Gasteiger partial charge on any atom is 0.341 e. The van der Waals surface area contributed by atoms with Crippen molar-refractivity contribution in [2.24, 2.45) is 23.7 Å². The molecule has 2 aromatic rings. The minimum Gasteiger partial charge on any atom is -0.487 e. The summed E-state index contributed by atoms with van der Waals surface area (Å²) in [5.41, 5.74) is -4.47. The number of halogens is 1. The Hall–Kier alpha value is -3.91. The third-order valence-electron chi connectivity index (χ3n) is 17.5. The first-order valence-electron chi connectivity index (χ1n) is 27.5. The molecule has 19 atom stereocenters. The van der Waals surface area contributed by atoms with Gasteiger partial charge >= 0.3 is 11.9 Å². The molecule has 5 aliphatic heterocycles. The lowest BCUT2D eigenvalue weighted by atomic mass is 9.74. The van der Waals surface area contributed by atoms with E-state index in [1.54, 1.807) is 53.0 Å². The van der Waals surface area contributed by atoms with E-state index in [4.69, 9.17) is 37.9 Å². The van der Waals surface area contributed by atoms with Gasteiger partial charge in [-0.1, -0.05) is 27.7 Å². The van der Waals surface area contributed by atoms with Crippen molar-refractivity contribution in [2.45, 2.75) is 192 Å². The number of rotatable bonds is 10. The molecule has 1 unspecified atom stereocenters. The maximum atomic E-state index is 15.0. The van der Waals surface area contributed by atoms with Crippen molar-refractivity contribution in [1.82, 2.24) is 14.4 Å². The fourth-order valence-electron chi connectivity index (χ4n) is 12.3. The second kappa shape index (κ2) is 25.1. The number of carbonyl (C=O) groups excluding carboxylic acids is 2. The second-order valence-electron chi connectivity index (χ2n) is 23.6. The molecule has 5 N–H and O–H groups in total. The first-order valence-corrected chi connectivity index (χ1v) is 27.5. The number of carboxylic acid groups (broad SMARTS) is 1. The summed E-state index contributed by atoms with van der Waals surface area (Å²) in [6, 6.07) is 0.711. The van der Waals surface area contributed by atoms with E-state index >= 15 is 0 Å². The van der Waals surface area contributed by atoms with E-state index in [0.29, 0.717) is 36.5 Å². The number of carbonyl (C=O) groups is 3. The highest BCUT2D eigenvalue weighted by atomic mass is 19.1. The molecule has 4 fully saturated rings. The number of ether oxygens (including phenoxy) is 8. The summed E-state index contributed by atoms with van der Waals surface area (Å²) >= 11 is 0. The molecular formula is C56H89FN4O17. The summed E-state index contributed by atoms with van der Waals surface area (Å²) in [7, 11) is 8.78. The van der Waals surface area contributed by atoms with Crippen molar-refractivity contribution in [2.75, 3.05) is 73.0 Å². The van der Waals surface area contributed by atoms with E-state index in [2.05, 4.69) is 4.90 Å². The number of piperazine rings is 1. The highest BCUT2D eigenvalue weighted by molar-refractivity contribution is 5.97. The number of benzene rings is 1. The van der Waals surface area contributed by atoms with Crippen LogP contribution in [-0.4, -0.2) is 210 Å². The standard InChI is InChI=1S/C38H69NO13.C18H20FN3O4/c1-15-26-38(10,45)31(42)21(4)28(40)19(2)17-37(9,47-14)33(52-35-29(41)25(39(11)12)16-20(3)48-35)22(5)30(23(6)34(44)50-26)51-27-18-36(8,46-13)32(43)24(7)49-27;1-10-9-26-17-14-11(16(23)12(18(24)25)8-22(10)14)7-13(19)15(17)21-5-3-20(2)4-6-21/h19-27,29-33,35,41-43,45H,15-18H2,1-14H3;7-8,10H,3-6,9H2,1-2H3,(H,24,25)/t19-,20-,21+,22?,23-,24+,25+,26-,27+,29-,30+,31-,32+,33-,35+,36-,37-,38-;10-/m10/s1. The van der Waals surface area contributed by atoms with Crippen LogP contribution in [0, 0.1) is 29.5 Å². The molecule has 0 radical (unpaired) electrons. The average molecular weight is 1110 g/mol. The minimum atomic E-state index is -1.96. The number of hydrogen-bond acceptors (Lipinski definition) is 19. The Balaban J connectivity index is 0.000000312. The number of esters is 1. The smallest absolute Gasteiger partial charge is 0.341 e. The number of methoxy groups -OCH3 is 2. The number of aliphatic hydroxyl groups excluding tert-OH is 3. The van der Waals surface area contributed by atoms with Gasteiger partial charge in [0, 0.05) is 76.8 Å².